The van der Waals surface area contributed by atoms with E-state index < -0.39 is 37.6 Å². The molecule has 4 aromatic carbocycles. The van der Waals surface area contributed by atoms with Gasteiger partial charge in [0.2, 0.25) is 0 Å². The summed E-state index contributed by atoms with van der Waals surface area (Å²) >= 11 is 0. The third-order valence-corrected chi connectivity index (χ3v) is 10.0. The lowest BCUT2D eigenvalue weighted by Gasteiger charge is -2.37. The number of H-pyrrole nitrogens is 1. The summed E-state index contributed by atoms with van der Waals surface area (Å²) in [6.45, 7) is 1.85. The molecule has 0 unspecified atom stereocenters. The minimum absolute atomic E-state index is 0.179. The maximum absolute atomic E-state index is 12.9. The number of ether oxygens (including phenoxy) is 2. The van der Waals surface area contributed by atoms with Crippen molar-refractivity contribution in [1.29, 1.82) is 0 Å². The third-order valence-electron chi connectivity index (χ3n) is 8.16. The van der Waals surface area contributed by atoms with Crippen molar-refractivity contribution in [1.82, 2.24) is 9.55 Å². The smallest absolute Gasteiger partial charge is 0.330 e. The Morgan fingerprint density at radius 2 is 1.30 bits per heavy atom. The van der Waals surface area contributed by atoms with Crippen molar-refractivity contribution >= 4 is 8.38 Å². The number of aryl methyl sites for hydroxylation is 1. The maximum Gasteiger partial charge on any atom is 0.330 e. The Morgan fingerprint density at radius 1 is 0.795 bits per heavy atom. The molecule has 1 saturated heterocycles. The second-order valence-corrected chi connectivity index (χ2v) is 12.5. The van der Waals surface area contributed by atoms with E-state index in [0.717, 1.165) is 16.7 Å². The van der Waals surface area contributed by atoms with Crippen LogP contribution >= 0.6 is 8.38 Å². The van der Waals surface area contributed by atoms with Crippen LogP contribution < -0.4 is 20.3 Å². The van der Waals surface area contributed by atoms with Gasteiger partial charge in [-0.25, -0.2) is 4.79 Å². The van der Waals surface area contributed by atoms with Crippen molar-refractivity contribution in [3.8, 4) is 11.5 Å². The second kappa shape index (κ2) is 11.9. The zero-order valence-electron chi connectivity index (χ0n) is 24.0. The van der Waals surface area contributed by atoms with Gasteiger partial charge in [0.25, 0.3) is 13.9 Å². The summed E-state index contributed by atoms with van der Waals surface area (Å²) in [6.07, 6.45) is 0.852. The van der Waals surface area contributed by atoms with Crippen LogP contribution in [0.25, 0.3) is 0 Å². The van der Waals surface area contributed by atoms with E-state index in [1.54, 1.807) is 13.1 Å². The Kier molecular flexibility index (Phi) is 7.64. The molecule has 44 heavy (non-hydrogen) atoms. The molecule has 0 aliphatic carbocycles. The Hall–Kier alpha value is -4.49. The normalized spacial score (nSPS) is 19.7. The number of para-hydroxylation sites is 2. The van der Waals surface area contributed by atoms with E-state index in [4.69, 9.17) is 18.5 Å². The van der Waals surface area contributed by atoms with Crippen molar-refractivity contribution in [3.63, 3.8) is 0 Å². The number of hydrogen-bond acceptors (Lipinski definition) is 6. The summed E-state index contributed by atoms with van der Waals surface area (Å²) < 4.78 is 27.8. The lowest BCUT2D eigenvalue weighted by molar-refractivity contribution is -0.0771. The molecule has 0 amide bonds. The van der Waals surface area contributed by atoms with Gasteiger partial charge in [-0.3, -0.25) is 14.3 Å². The van der Waals surface area contributed by atoms with E-state index in [2.05, 4.69) is 41.4 Å². The van der Waals surface area contributed by atoms with Crippen molar-refractivity contribution < 1.29 is 18.5 Å². The van der Waals surface area contributed by atoms with Crippen molar-refractivity contribution in [2.24, 2.45) is 0 Å². The van der Waals surface area contributed by atoms with Gasteiger partial charge in [-0.2, -0.15) is 0 Å². The van der Waals surface area contributed by atoms with Gasteiger partial charge >= 0.3 is 5.69 Å². The summed E-state index contributed by atoms with van der Waals surface area (Å²) in [4.78, 5) is 27.4. The lowest BCUT2D eigenvalue weighted by atomic mass is 9.80. The average Bonchev–Trinajstić information content (AvgIpc) is 3.69. The van der Waals surface area contributed by atoms with E-state index >= 15 is 0 Å². The molecule has 9 heteroatoms. The molecule has 0 bridgehead atoms. The van der Waals surface area contributed by atoms with Gasteiger partial charge in [0.1, 0.15) is 11.8 Å². The number of aromatic amines is 1. The van der Waals surface area contributed by atoms with E-state index in [1.807, 2.05) is 78.9 Å². The molecule has 5 aromatic rings. The van der Waals surface area contributed by atoms with Gasteiger partial charge in [-0.15, -0.1) is 0 Å². The fourth-order valence-corrected chi connectivity index (χ4v) is 7.76. The van der Waals surface area contributed by atoms with E-state index in [1.165, 1.54) is 4.57 Å². The highest BCUT2D eigenvalue weighted by molar-refractivity contribution is 7.49. The van der Waals surface area contributed by atoms with Crippen LogP contribution in [0.3, 0.4) is 0 Å². The molecule has 7 rings (SSSR count). The zero-order chi connectivity index (χ0) is 30.1. The number of nitrogens with one attached hydrogen (secondary N) is 1. The van der Waals surface area contributed by atoms with Gasteiger partial charge in [0.05, 0.1) is 18.4 Å². The molecule has 2 aliphatic heterocycles. The largest absolute Gasteiger partial charge is 0.434 e. The second-order valence-electron chi connectivity index (χ2n) is 10.9. The van der Waals surface area contributed by atoms with Crippen LogP contribution in [0.4, 0.5) is 0 Å². The molecule has 0 saturated carbocycles. The average molecular weight is 607 g/mol. The summed E-state index contributed by atoms with van der Waals surface area (Å²) in [5, 5.41) is 0. The minimum atomic E-state index is -1.46. The predicted octanol–water partition coefficient (Wildman–Crippen LogP) is 6.29. The first-order valence-corrected chi connectivity index (χ1v) is 15.8. The summed E-state index contributed by atoms with van der Waals surface area (Å²) in [5.41, 5.74) is 1.22. The number of fused-ring (bicyclic) bond motifs is 1. The molecular weight excluding hydrogens is 575 g/mol. The first-order valence-electron chi connectivity index (χ1n) is 14.6. The molecule has 0 spiro atoms. The van der Waals surface area contributed by atoms with Gasteiger partial charge in [0, 0.05) is 18.2 Å². The summed E-state index contributed by atoms with van der Waals surface area (Å²) in [7, 11) is -1.46. The van der Waals surface area contributed by atoms with E-state index in [0.29, 0.717) is 23.5 Å². The third kappa shape index (κ3) is 5.15. The number of rotatable bonds is 8. The number of nitrogens with zero attached hydrogens (tertiary/aromatic N) is 1. The van der Waals surface area contributed by atoms with Crippen LogP contribution in [0.15, 0.2) is 131 Å². The molecule has 222 valence electrons. The van der Waals surface area contributed by atoms with Crippen molar-refractivity contribution in [2.75, 3.05) is 6.61 Å². The Bertz CT molecular complexity index is 1740. The summed E-state index contributed by atoms with van der Waals surface area (Å²) in [5.74, 6) is 1.37. The van der Waals surface area contributed by atoms with Crippen LogP contribution in [0.1, 0.15) is 34.9 Å². The van der Waals surface area contributed by atoms with Gasteiger partial charge in [-0.1, -0.05) is 103 Å². The lowest BCUT2D eigenvalue weighted by Crippen LogP contribution is -2.38. The van der Waals surface area contributed by atoms with Gasteiger partial charge in [-0.05, 0) is 35.7 Å². The Morgan fingerprint density at radius 3 is 1.82 bits per heavy atom. The monoisotopic (exact) mass is 606 g/mol. The molecule has 1 N–H and O–H groups in total. The van der Waals surface area contributed by atoms with E-state index in [9.17, 15) is 9.59 Å². The van der Waals surface area contributed by atoms with Crippen LogP contribution in [0.5, 0.6) is 11.5 Å². The van der Waals surface area contributed by atoms with Crippen LogP contribution in [-0.2, 0) is 15.1 Å². The van der Waals surface area contributed by atoms with Crippen LogP contribution in [0, 0.1) is 6.92 Å². The SMILES string of the molecule is Cc1cn([C@H]2C[C@H](P3Oc4ccccc4O3)[C@@H](COC(c3ccccc3)(c3ccccc3)c3ccccc3)O2)c(=O)[nH]c1=O. The van der Waals surface area contributed by atoms with Crippen molar-refractivity contribution in [3.05, 3.63) is 165 Å². The fraction of sp³-hybridized carbons (Fsp3) is 0.200. The topological polar surface area (TPSA) is 91.8 Å². The molecule has 2 aliphatic rings. The summed E-state index contributed by atoms with van der Waals surface area (Å²) in [6, 6.07) is 38.0. The van der Waals surface area contributed by atoms with E-state index in [-0.39, 0.29) is 12.3 Å². The van der Waals surface area contributed by atoms with Crippen LogP contribution in [-0.4, -0.2) is 27.9 Å². The molecule has 3 atom stereocenters. The predicted molar refractivity (Wildman–Crippen MR) is 168 cm³/mol. The first-order chi connectivity index (χ1) is 21.5. The highest BCUT2D eigenvalue weighted by Gasteiger charge is 2.49. The number of benzene rings is 4. The number of aromatic nitrogens is 2. The van der Waals surface area contributed by atoms with Crippen molar-refractivity contribution in [2.45, 2.75) is 36.9 Å². The molecule has 3 heterocycles. The standard InChI is InChI=1S/C35H31N2O6P/c1-24-22-37(34(39)36-33(24)38)32-21-31(44-42-28-19-11-12-20-29(28)43-44)30(41-32)23-40-35(25-13-5-2-6-14-25,26-15-7-3-8-16-26)27-17-9-4-10-18-27/h2-20,22,30-32H,21,23H2,1H3,(H,36,38,39)/t30-,31+,32-/m1/s1. The molecule has 1 aromatic heterocycles. The van der Waals surface area contributed by atoms with Gasteiger partial charge in [0.15, 0.2) is 11.5 Å². The Labute approximate surface area is 255 Å². The fourth-order valence-electron chi connectivity index (χ4n) is 5.98. The molecule has 1 fully saturated rings. The Balaban J connectivity index is 1.28. The van der Waals surface area contributed by atoms with Gasteiger partial charge < -0.3 is 18.5 Å². The van der Waals surface area contributed by atoms with Crippen LogP contribution in [0.2, 0.25) is 0 Å². The highest BCUT2D eigenvalue weighted by Crippen LogP contribution is 2.59. The molecular formula is C35H31N2O6P. The number of hydrogen-bond donors (Lipinski definition) is 1. The highest BCUT2D eigenvalue weighted by atomic mass is 31.2. The quantitative estimate of drug-likeness (QED) is 0.165. The minimum Gasteiger partial charge on any atom is -0.434 e. The first kappa shape index (κ1) is 28.3. The zero-order valence-corrected chi connectivity index (χ0v) is 24.9. The molecule has 8 nitrogen and oxygen atoms in total. The maximum atomic E-state index is 12.9. The molecule has 0 radical (unpaired) electrons.